The summed E-state index contributed by atoms with van der Waals surface area (Å²) in [5, 5.41) is 3.04. The molecule has 45 heavy (non-hydrogen) atoms. The van der Waals surface area contributed by atoms with Crippen molar-refractivity contribution < 1.29 is 22.7 Å². The molecule has 2 amide bonds. The van der Waals surface area contributed by atoms with Gasteiger partial charge in [0.25, 0.3) is 10.0 Å². The van der Waals surface area contributed by atoms with E-state index in [9.17, 15) is 18.0 Å². The second-order valence-electron chi connectivity index (χ2n) is 12.0. The summed E-state index contributed by atoms with van der Waals surface area (Å²) in [4.78, 5) is 30.0. The first kappa shape index (κ1) is 33.3. The maximum absolute atomic E-state index is 14.5. The van der Waals surface area contributed by atoms with E-state index in [0.717, 1.165) is 21.0 Å². The van der Waals surface area contributed by atoms with Gasteiger partial charge in [0.05, 0.1) is 17.7 Å². The monoisotopic (exact) mass is 627 g/mol. The Labute approximate surface area is 266 Å². The van der Waals surface area contributed by atoms with Gasteiger partial charge in [-0.1, -0.05) is 84.4 Å². The van der Waals surface area contributed by atoms with Gasteiger partial charge in [0.1, 0.15) is 18.3 Å². The number of ether oxygens (including phenoxy) is 1. The summed E-state index contributed by atoms with van der Waals surface area (Å²) in [5.74, 6) is -0.412. The molecule has 9 heteroatoms. The summed E-state index contributed by atoms with van der Waals surface area (Å²) < 4.78 is 34.7. The number of methoxy groups -OCH3 is 1. The van der Waals surface area contributed by atoms with Gasteiger partial charge < -0.3 is 15.0 Å². The van der Waals surface area contributed by atoms with Crippen LogP contribution in [0.5, 0.6) is 5.75 Å². The van der Waals surface area contributed by atoms with Crippen molar-refractivity contribution in [2.75, 3.05) is 18.0 Å². The Bertz CT molecular complexity index is 1690. The molecule has 0 saturated carbocycles. The van der Waals surface area contributed by atoms with Crippen LogP contribution >= 0.6 is 0 Å². The van der Waals surface area contributed by atoms with Crippen LogP contribution in [0.3, 0.4) is 0 Å². The molecule has 4 aromatic carbocycles. The Morgan fingerprint density at radius 1 is 0.822 bits per heavy atom. The number of nitrogens with one attached hydrogen (secondary N) is 1. The topological polar surface area (TPSA) is 96.0 Å². The van der Waals surface area contributed by atoms with E-state index >= 15 is 0 Å². The zero-order valence-corrected chi connectivity index (χ0v) is 27.3. The second-order valence-corrected chi connectivity index (χ2v) is 13.8. The number of hydrogen-bond acceptors (Lipinski definition) is 5. The Hall–Kier alpha value is -4.63. The zero-order chi connectivity index (χ0) is 32.6. The molecule has 0 aliphatic carbocycles. The van der Waals surface area contributed by atoms with E-state index < -0.39 is 34.1 Å². The number of rotatable bonds is 12. The first-order valence-corrected chi connectivity index (χ1v) is 16.2. The van der Waals surface area contributed by atoms with Crippen LogP contribution in [0.4, 0.5) is 5.69 Å². The van der Waals surface area contributed by atoms with Crippen molar-refractivity contribution in [3.63, 3.8) is 0 Å². The van der Waals surface area contributed by atoms with Crippen LogP contribution in [0.25, 0.3) is 0 Å². The third-order valence-corrected chi connectivity index (χ3v) is 8.98. The molecule has 4 aromatic rings. The number of aryl methyl sites for hydroxylation is 1. The van der Waals surface area contributed by atoms with Crippen LogP contribution in [-0.4, -0.2) is 50.4 Å². The van der Waals surface area contributed by atoms with Crippen LogP contribution in [-0.2, 0) is 32.6 Å². The largest absolute Gasteiger partial charge is 0.497 e. The van der Waals surface area contributed by atoms with E-state index in [1.54, 1.807) is 42.5 Å². The zero-order valence-electron chi connectivity index (χ0n) is 26.4. The molecule has 1 atom stereocenters. The number of carbonyl (C=O) groups excluding carboxylic acids is 2. The minimum atomic E-state index is -4.19. The molecule has 0 saturated heterocycles. The third-order valence-electron chi connectivity index (χ3n) is 7.19. The molecular weight excluding hydrogens is 586 g/mol. The Kier molecular flexibility index (Phi) is 10.7. The van der Waals surface area contributed by atoms with Crippen molar-refractivity contribution >= 4 is 27.5 Å². The molecular formula is C36H41N3O5S. The van der Waals surface area contributed by atoms with E-state index in [4.69, 9.17) is 4.74 Å². The SMILES string of the molecule is COc1cccc(N(CC(=O)N(Cc2ccc(C)cc2)C(Cc2ccccc2)C(=O)NC(C)(C)C)S(=O)(=O)c2ccccc2)c1. The predicted octanol–water partition coefficient (Wildman–Crippen LogP) is 5.75. The van der Waals surface area contributed by atoms with Crippen LogP contribution in [0.15, 0.2) is 114 Å². The van der Waals surface area contributed by atoms with Gasteiger partial charge in [-0.3, -0.25) is 13.9 Å². The lowest BCUT2D eigenvalue weighted by atomic mass is 10.0. The summed E-state index contributed by atoms with van der Waals surface area (Å²) in [7, 11) is -2.70. The molecule has 0 radical (unpaired) electrons. The summed E-state index contributed by atoms with van der Waals surface area (Å²) in [6.45, 7) is 7.19. The minimum Gasteiger partial charge on any atom is -0.497 e. The number of carbonyl (C=O) groups is 2. The molecule has 236 valence electrons. The molecule has 4 rings (SSSR count). The summed E-state index contributed by atoms with van der Waals surface area (Å²) >= 11 is 0. The molecule has 0 aliphatic rings. The molecule has 0 aliphatic heterocycles. The van der Waals surface area contributed by atoms with Crippen LogP contribution < -0.4 is 14.4 Å². The van der Waals surface area contributed by atoms with Crippen molar-refractivity contribution in [2.45, 2.75) is 57.1 Å². The summed E-state index contributed by atoms with van der Waals surface area (Å²) in [6, 6.07) is 30.8. The maximum atomic E-state index is 14.5. The number of sulfonamides is 1. The van der Waals surface area contributed by atoms with Gasteiger partial charge >= 0.3 is 0 Å². The molecule has 1 N–H and O–H groups in total. The van der Waals surface area contributed by atoms with Crippen molar-refractivity contribution in [1.82, 2.24) is 10.2 Å². The Morgan fingerprint density at radius 2 is 1.44 bits per heavy atom. The highest BCUT2D eigenvalue weighted by molar-refractivity contribution is 7.92. The Balaban J connectivity index is 1.82. The number of benzene rings is 4. The van der Waals surface area contributed by atoms with Gasteiger partial charge in [-0.2, -0.15) is 0 Å². The number of amides is 2. The van der Waals surface area contributed by atoms with E-state index in [1.165, 1.54) is 24.1 Å². The van der Waals surface area contributed by atoms with E-state index in [0.29, 0.717) is 5.75 Å². The summed E-state index contributed by atoms with van der Waals surface area (Å²) in [6.07, 6.45) is 0.241. The van der Waals surface area contributed by atoms with Gasteiger partial charge in [0, 0.05) is 24.6 Å². The average Bonchev–Trinajstić information content (AvgIpc) is 3.02. The molecule has 0 spiro atoms. The molecule has 0 heterocycles. The molecule has 8 nitrogen and oxygen atoms in total. The van der Waals surface area contributed by atoms with E-state index in [1.807, 2.05) is 82.3 Å². The lowest BCUT2D eigenvalue weighted by molar-refractivity contribution is -0.140. The number of hydrogen-bond donors (Lipinski definition) is 1. The maximum Gasteiger partial charge on any atom is 0.264 e. The van der Waals surface area contributed by atoms with Gasteiger partial charge in [-0.25, -0.2) is 8.42 Å². The highest BCUT2D eigenvalue weighted by Crippen LogP contribution is 2.28. The lowest BCUT2D eigenvalue weighted by Crippen LogP contribution is -2.56. The van der Waals surface area contributed by atoms with Gasteiger partial charge in [0.2, 0.25) is 11.8 Å². The van der Waals surface area contributed by atoms with Crippen LogP contribution in [0.2, 0.25) is 0 Å². The fourth-order valence-corrected chi connectivity index (χ4v) is 6.34. The van der Waals surface area contributed by atoms with Crippen molar-refractivity contribution in [1.29, 1.82) is 0 Å². The predicted molar refractivity (Wildman–Crippen MR) is 178 cm³/mol. The van der Waals surface area contributed by atoms with Crippen molar-refractivity contribution in [3.05, 3.63) is 126 Å². The fraction of sp³-hybridized carbons (Fsp3) is 0.278. The van der Waals surface area contributed by atoms with Crippen molar-refractivity contribution in [2.24, 2.45) is 0 Å². The average molecular weight is 628 g/mol. The van der Waals surface area contributed by atoms with Crippen LogP contribution in [0, 0.1) is 6.92 Å². The van der Waals surface area contributed by atoms with E-state index in [2.05, 4.69) is 5.32 Å². The molecule has 1 unspecified atom stereocenters. The smallest absolute Gasteiger partial charge is 0.264 e. The molecule has 0 fully saturated rings. The second kappa shape index (κ2) is 14.4. The van der Waals surface area contributed by atoms with Gasteiger partial charge in [-0.05, 0) is 63.1 Å². The quantitative estimate of drug-likeness (QED) is 0.216. The number of nitrogens with zero attached hydrogens (tertiary/aromatic N) is 2. The van der Waals surface area contributed by atoms with E-state index in [-0.39, 0.29) is 29.5 Å². The number of anilines is 1. The van der Waals surface area contributed by atoms with Gasteiger partial charge in [-0.15, -0.1) is 0 Å². The molecule has 0 aromatic heterocycles. The van der Waals surface area contributed by atoms with Gasteiger partial charge in [0.15, 0.2) is 0 Å². The highest BCUT2D eigenvalue weighted by atomic mass is 32.2. The minimum absolute atomic E-state index is 0.0389. The first-order valence-electron chi connectivity index (χ1n) is 14.8. The third kappa shape index (κ3) is 8.95. The normalized spacial score (nSPS) is 12.2. The lowest BCUT2D eigenvalue weighted by Gasteiger charge is -2.35. The Morgan fingerprint density at radius 3 is 2.04 bits per heavy atom. The van der Waals surface area contributed by atoms with Crippen LogP contribution in [0.1, 0.15) is 37.5 Å². The standard InChI is InChI=1S/C36H41N3O5S/c1-27-19-21-29(22-20-27)25-38(33(35(41)37-36(2,3)4)23-28-13-8-6-9-14-28)34(40)26-39(30-15-12-16-31(24-30)44-5)45(42,43)32-17-10-7-11-18-32/h6-22,24,33H,23,25-26H2,1-5H3,(H,37,41). The van der Waals surface area contributed by atoms with Crippen molar-refractivity contribution in [3.8, 4) is 5.75 Å². The fourth-order valence-electron chi connectivity index (χ4n) is 4.91. The first-order chi connectivity index (χ1) is 21.4. The highest BCUT2D eigenvalue weighted by Gasteiger charge is 2.35. The summed E-state index contributed by atoms with van der Waals surface area (Å²) in [5.41, 5.74) is 2.44. The molecule has 0 bridgehead atoms.